The number of hydrogen-bond acceptors (Lipinski definition) is 4. The van der Waals surface area contributed by atoms with Crippen molar-refractivity contribution in [3.63, 3.8) is 0 Å². The average Bonchev–Trinajstić information content (AvgIpc) is 2.96. The molecule has 0 unspecified atom stereocenters. The standard InChI is InChI=1S/C18H19N5O2/c24-17(11-22-18(25)16-8-9-19-23(16)12-20-22)21-15-7-6-13-4-2-1-3-5-14(13)10-15/h6-10,12H,1-5,11H2,(H,21,24). The van der Waals surface area contributed by atoms with Gasteiger partial charge in [0.1, 0.15) is 18.4 Å². The van der Waals surface area contributed by atoms with E-state index in [1.807, 2.05) is 6.07 Å². The Morgan fingerprint density at radius 3 is 2.80 bits per heavy atom. The van der Waals surface area contributed by atoms with Gasteiger partial charge in [0.2, 0.25) is 5.91 Å². The molecule has 0 saturated carbocycles. The zero-order chi connectivity index (χ0) is 17.2. The van der Waals surface area contributed by atoms with Crippen molar-refractivity contribution in [2.75, 3.05) is 5.32 Å². The predicted molar refractivity (Wildman–Crippen MR) is 93.6 cm³/mol. The van der Waals surface area contributed by atoms with Gasteiger partial charge in [-0.3, -0.25) is 9.59 Å². The summed E-state index contributed by atoms with van der Waals surface area (Å²) in [5, 5.41) is 10.8. The molecular weight excluding hydrogens is 318 g/mol. The van der Waals surface area contributed by atoms with Gasteiger partial charge in [0.15, 0.2) is 0 Å². The van der Waals surface area contributed by atoms with E-state index in [0.717, 1.165) is 23.2 Å². The van der Waals surface area contributed by atoms with Crippen molar-refractivity contribution in [3.05, 3.63) is 58.3 Å². The molecule has 1 N–H and O–H groups in total. The van der Waals surface area contributed by atoms with Crippen LogP contribution in [0.3, 0.4) is 0 Å². The zero-order valence-corrected chi connectivity index (χ0v) is 13.8. The normalized spacial score (nSPS) is 14.1. The number of aryl methyl sites for hydroxylation is 2. The van der Waals surface area contributed by atoms with Crippen molar-refractivity contribution in [2.45, 2.75) is 38.6 Å². The summed E-state index contributed by atoms with van der Waals surface area (Å²) < 4.78 is 2.54. The van der Waals surface area contributed by atoms with E-state index in [-0.39, 0.29) is 18.0 Å². The van der Waals surface area contributed by atoms with Crippen LogP contribution >= 0.6 is 0 Å². The highest BCUT2D eigenvalue weighted by Crippen LogP contribution is 2.23. The van der Waals surface area contributed by atoms with Gasteiger partial charge in [-0.2, -0.15) is 10.2 Å². The van der Waals surface area contributed by atoms with Crippen LogP contribution in [-0.4, -0.2) is 25.3 Å². The van der Waals surface area contributed by atoms with Crippen molar-refractivity contribution in [1.29, 1.82) is 0 Å². The number of amides is 1. The molecule has 0 bridgehead atoms. The number of aromatic nitrogens is 4. The Kier molecular flexibility index (Phi) is 4.05. The highest BCUT2D eigenvalue weighted by molar-refractivity contribution is 5.90. The number of nitrogens with one attached hydrogen (secondary N) is 1. The molecule has 3 aromatic rings. The number of carbonyl (C=O) groups excluding carboxylic acids is 1. The molecule has 7 nitrogen and oxygen atoms in total. The van der Waals surface area contributed by atoms with Crippen LogP contribution in [0, 0.1) is 0 Å². The molecule has 2 heterocycles. The van der Waals surface area contributed by atoms with Gasteiger partial charge in [-0.15, -0.1) is 0 Å². The second-order valence-electron chi connectivity index (χ2n) is 6.35. The second kappa shape index (κ2) is 6.51. The quantitative estimate of drug-likeness (QED) is 0.739. The van der Waals surface area contributed by atoms with Gasteiger partial charge in [0.25, 0.3) is 5.56 Å². The van der Waals surface area contributed by atoms with Gasteiger partial charge in [-0.1, -0.05) is 12.5 Å². The van der Waals surface area contributed by atoms with E-state index in [2.05, 4.69) is 27.6 Å². The summed E-state index contributed by atoms with van der Waals surface area (Å²) in [5.74, 6) is -0.271. The molecule has 25 heavy (non-hydrogen) atoms. The average molecular weight is 337 g/mol. The maximum absolute atomic E-state index is 12.3. The Morgan fingerprint density at radius 2 is 1.92 bits per heavy atom. The lowest BCUT2D eigenvalue weighted by molar-refractivity contribution is -0.117. The highest BCUT2D eigenvalue weighted by Gasteiger charge is 2.12. The van der Waals surface area contributed by atoms with Gasteiger partial charge >= 0.3 is 0 Å². The van der Waals surface area contributed by atoms with E-state index < -0.39 is 0 Å². The summed E-state index contributed by atoms with van der Waals surface area (Å²) >= 11 is 0. The van der Waals surface area contributed by atoms with Gasteiger partial charge in [-0.05, 0) is 55.0 Å². The molecule has 1 aromatic carbocycles. The number of hydrogen-bond donors (Lipinski definition) is 1. The van der Waals surface area contributed by atoms with Gasteiger partial charge in [0.05, 0.1) is 6.20 Å². The van der Waals surface area contributed by atoms with Crippen LogP contribution in [0.25, 0.3) is 5.52 Å². The van der Waals surface area contributed by atoms with Gasteiger partial charge in [0, 0.05) is 5.69 Å². The molecule has 2 aromatic heterocycles. The SMILES string of the molecule is O=C(Cn1ncn2nccc2c1=O)Nc1ccc2c(c1)CCCCC2. The number of carbonyl (C=O) groups is 1. The van der Waals surface area contributed by atoms with E-state index in [1.54, 1.807) is 6.07 Å². The summed E-state index contributed by atoms with van der Waals surface area (Å²) in [6.07, 6.45) is 8.78. The minimum Gasteiger partial charge on any atom is -0.324 e. The first-order valence-corrected chi connectivity index (χ1v) is 8.52. The van der Waals surface area contributed by atoms with Crippen LogP contribution in [0.1, 0.15) is 30.4 Å². The minimum atomic E-state index is -0.336. The molecule has 0 radical (unpaired) electrons. The molecule has 128 valence electrons. The Morgan fingerprint density at radius 1 is 1.08 bits per heavy atom. The summed E-state index contributed by atoms with van der Waals surface area (Å²) in [6, 6.07) is 7.68. The van der Waals surface area contributed by atoms with E-state index in [4.69, 9.17) is 0 Å². The van der Waals surface area contributed by atoms with Crippen LogP contribution in [-0.2, 0) is 24.2 Å². The van der Waals surface area contributed by atoms with Crippen molar-refractivity contribution in [2.24, 2.45) is 0 Å². The highest BCUT2D eigenvalue weighted by atomic mass is 16.2. The fraction of sp³-hybridized carbons (Fsp3) is 0.333. The topological polar surface area (TPSA) is 81.3 Å². The summed E-state index contributed by atoms with van der Waals surface area (Å²) in [7, 11) is 0. The third-order valence-corrected chi connectivity index (χ3v) is 4.60. The van der Waals surface area contributed by atoms with Crippen molar-refractivity contribution < 1.29 is 4.79 Å². The van der Waals surface area contributed by atoms with Crippen LogP contribution in [0.4, 0.5) is 5.69 Å². The lowest BCUT2D eigenvalue weighted by Gasteiger charge is -2.10. The molecule has 1 aliphatic rings. The maximum atomic E-state index is 12.3. The molecule has 0 atom stereocenters. The smallest absolute Gasteiger partial charge is 0.293 e. The predicted octanol–water partition coefficient (Wildman–Crippen LogP) is 1.80. The van der Waals surface area contributed by atoms with E-state index in [0.29, 0.717) is 5.52 Å². The third-order valence-electron chi connectivity index (χ3n) is 4.60. The number of fused-ring (bicyclic) bond motifs is 2. The largest absolute Gasteiger partial charge is 0.324 e. The molecule has 1 aliphatic carbocycles. The zero-order valence-electron chi connectivity index (χ0n) is 13.8. The van der Waals surface area contributed by atoms with Crippen LogP contribution in [0.2, 0.25) is 0 Å². The van der Waals surface area contributed by atoms with E-state index in [9.17, 15) is 9.59 Å². The molecule has 7 heteroatoms. The molecule has 0 spiro atoms. The van der Waals surface area contributed by atoms with Crippen LogP contribution < -0.4 is 10.9 Å². The molecule has 1 amide bonds. The molecular formula is C18H19N5O2. The number of benzene rings is 1. The second-order valence-corrected chi connectivity index (χ2v) is 6.35. The number of anilines is 1. The van der Waals surface area contributed by atoms with Gasteiger partial charge in [-0.25, -0.2) is 9.20 Å². The van der Waals surface area contributed by atoms with Crippen LogP contribution in [0.5, 0.6) is 0 Å². The lowest BCUT2D eigenvalue weighted by Crippen LogP contribution is -2.30. The molecule has 0 fully saturated rings. The fourth-order valence-corrected chi connectivity index (χ4v) is 3.31. The molecule has 0 aliphatic heterocycles. The van der Waals surface area contributed by atoms with Crippen molar-refractivity contribution >= 4 is 17.1 Å². The van der Waals surface area contributed by atoms with Crippen molar-refractivity contribution in [1.82, 2.24) is 19.4 Å². The Bertz CT molecular complexity index is 989. The molecule has 0 saturated heterocycles. The summed E-state index contributed by atoms with van der Waals surface area (Å²) in [6.45, 7) is -0.127. The van der Waals surface area contributed by atoms with E-state index in [1.165, 1.54) is 47.4 Å². The lowest BCUT2D eigenvalue weighted by atomic mass is 10.0. The summed E-state index contributed by atoms with van der Waals surface area (Å²) in [5.41, 5.74) is 3.51. The first kappa shape index (κ1) is 15.6. The van der Waals surface area contributed by atoms with E-state index >= 15 is 0 Å². The number of rotatable bonds is 3. The first-order chi connectivity index (χ1) is 12.2. The van der Waals surface area contributed by atoms with Gasteiger partial charge < -0.3 is 5.32 Å². The third kappa shape index (κ3) is 3.17. The van der Waals surface area contributed by atoms with Crippen LogP contribution in [0.15, 0.2) is 41.6 Å². The Balaban J connectivity index is 1.51. The first-order valence-electron chi connectivity index (χ1n) is 8.52. The Labute approximate surface area is 144 Å². The monoisotopic (exact) mass is 337 g/mol. The number of nitrogens with zero attached hydrogens (tertiary/aromatic N) is 4. The molecule has 4 rings (SSSR count). The fourth-order valence-electron chi connectivity index (χ4n) is 3.31. The minimum absolute atomic E-state index is 0.127. The van der Waals surface area contributed by atoms with Crippen molar-refractivity contribution in [3.8, 4) is 0 Å². The maximum Gasteiger partial charge on any atom is 0.293 e. The Hall–Kier alpha value is -2.96. The summed E-state index contributed by atoms with van der Waals surface area (Å²) in [4.78, 5) is 24.6.